The first-order valence-electron chi connectivity index (χ1n) is 11.0. The normalized spacial score (nSPS) is 20.2. The topological polar surface area (TPSA) is 85.0 Å². The van der Waals surface area contributed by atoms with E-state index in [0.717, 1.165) is 5.56 Å². The number of aliphatic hydroxyl groups is 1. The number of pyridine rings is 1. The zero-order valence-electron chi connectivity index (χ0n) is 18.7. The summed E-state index contributed by atoms with van der Waals surface area (Å²) in [7, 11) is 0. The van der Waals surface area contributed by atoms with Crippen molar-refractivity contribution in [2.45, 2.75) is 38.8 Å². The number of β-amino-alcohol motifs (C(OH)–C–C–N with tert-alkyl or cyclic N) is 1. The number of imidazole rings is 1. The molecule has 5 rings (SSSR count). The van der Waals surface area contributed by atoms with Gasteiger partial charge in [0.05, 0.1) is 17.9 Å². The first kappa shape index (κ1) is 21.4. The Morgan fingerprint density at radius 2 is 2.27 bits per heavy atom. The minimum atomic E-state index is -0.429. The zero-order chi connectivity index (χ0) is 23.1. The second kappa shape index (κ2) is 8.47. The van der Waals surface area contributed by atoms with Gasteiger partial charge in [0, 0.05) is 37.5 Å². The molecule has 0 bridgehead atoms. The molecule has 4 heterocycles. The molecule has 2 atom stereocenters. The Kier molecular flexibility index (Phi) is 5.49. The highest BCUT2D eigenvalue weighted by Crippen LogP contribution is 2.43. The van der Waals surface area contributed by atoms with E-state index in [4.69, 9.17) is 14.6 Å². The average Bonchev–Trinajstić information content (AvgIpc) is 3.41. The summed E-state index contributed by atoms with van der Waals surface area (Å²) >= 11 is 0. The molecule has 2 aliphatic rings. The molecule has 3 aromatic rings. The van der Waals surface area contributed by atoms with E-state index in [1.807, 2.05) is 28.5 Å². The van der Waals surface area contributed by atoms with E-state index >= 15 is 4.39 Å². The number of ether oxygens (including phenoxy) is 1. The first-order valence-corrected chi connectivity index (χ1v) is 11.0. The van der Waals surface area contributed by atoms with Crippen LogP contribution in [0.25, 0.3) is 11.0 Å². The molecule has 1 aromatic carbocycles. The van der Waals surface area contributed by atoms with Gasteiger partial charge in [-0.25, -0.2) is 9.37 Å². The second-order valence-electron chi connectivity index (χ2n) is 8.62. The molecule has 2 aromatic heterocycles. The lowest BCUT2D eigenvalue weighted by molar-refractivity contribution is 0.198. The van der Waals surface area contributed by atoms with Crippen LogP contribution in [-0.4, -0.2) is 51.2 Å². The molecule has 1 saturated heterocycles. The van der Waals surface area contributed by atoms with Gasteiger partial charge in [0.1, 0.15) is 29.1 Å². The van der Waals surface area contributed by atoms with E-state index < -0.39 is 11.9 Å². The van der Waals surface area contributed by atoms with Gasteiger partial charge in [-0.05, 0) is 38.0 Å². The van der Waals surface area contributed by atoms with Crippen molar-refractivity contribution in [2.75, 3.05) is 24.6 Å². The number of hydrogen-bond donors (Lipinski definition) is 1. The predicted molar refractivity (Wildman–Crippen MR) is 123 cm³/mol. The summed E-state index contributed by atoms with van der Waals surface area (Å²) in [6, 6.07) is 5.09. The van der Waals surface area contributed by atoms with E-state index in [9.17, 15) is 5.11 Å². The van der Waals surface area contributed by atoms with Crippen LogP contribution in [0.15, 0.2) is 48.1 Å². The highest BCUT2D eigenvalue weighted by Gasteiger charge is 2.35. The van der Waals surface area contributed by atoms with Gasteiger partial charge in [-0.2, -0.15) is 0 Å². The number of aromatic nitrogens is 3. The quantitative estimate of drug-likeness (QED) is 0.350. The largest absolute Gasteiger partial charge is 0.488 e. The molecule has 1 fully saturated rings. The number of aliphatic hydroxyl groups excluding tert-OH is 1. The Labute approximate surface area is 191 Å². The molecule has 0 saturated carbocycles. The average molecular weight is 452 g/mol. The standard InChI is InChI=1S/C24H26FN5O3/c1-14(2)33-28-15(3)9-17-10-19(25)21-22-23(17)32-13-20(16-5-4-7-26-11-16)30(22)24(27-21)29-8-6-18(31)12-29/h4-5,7,10-11,18,20,31H,1,6,8-9,12-13H2,2-3H3/b28-15-. The molecular formula is C24H26FN5O3. The van der Waals surface area contributed by atoms with Crippen molar-refractivity contribution in [3.63, 3.8) is 0 Å². The van der Waals surface area contributed by atoms with Gasteiger partial charge in [-0.3, -0.25) is 9.55 Å². The van der Waals surface area contributed by atoms with Crippen LogP contribution < -0.4 is 9.64 Å². The van der Waals surface area contributed by atoms with Gasteiger partial charge in [-0.15, -0.1) is 0 Å². The van der Waals surface area contributed by atoms with Crippen LogP contribution >= 0.6 is 0 Å². The summed E-state index contributed by atoms with van der Waals surface area (Å²) < 4.78 is 23.6. The van der Waals surface area contributed by atoms with Gasteiger partial charge >= 0.3 is 0 Å². The van der Waals surface area contributed by atoms with Crippen LogP contribution in [0.4, 0.5) is 10.3 Å². The maximum absolute atomic E-state index is 15.3. The van der Waals surface area contributed by atoms with Crippen molar-refractivity contribution in [1.82, 2.24) is 14.5 Å². The SMILES string of the molecule is C=C(C)O/N=C(/C)Cc1cc(F)c2nc(N3CCC(O)C3)n3c2c1OCC3c1cccnc1. The third-order valence-electron chi connectivity index (χ3n) is 5.94. The van der Waals surface area contributed by atoms with Crippen LogP contribution in [0.5, 0.6) is 5.75 Å². The molecule has 9 heteroatoms. The molecule has 8 nitrogen and oxygen atoms in total. The van der Waals surface area contributed by atoms with Crippen molar-refractivity contribution in [3.05, 3.63) is 59.9 Å². The fourth-order valence-corrected chi connectivity index (χ4v) is 4.50. The van der Waals surface area contributed by atoms with E-state index in [1.165, 1.54) is 6.07 Å². The molecule has 2 aliphatic heterocycles. The van der Waals surface area contributed by atoms with Crippen molar-refractivity contribution < 1.29 is 19.1 Å². The molecule has 0 aliphatic carbocycles. The van der Waals surface area contributed by atoms with Crippen LogP contribution in [-0.2, 0) is 11.3 Å². The number of rotatable bonds is 6. The van der Waals surface area contributed by atoms with Crippen LogP contribution in [0.2, 0.25) is 0 Å². The van der Waals surface area contributed by atoms with Crippen LogP contribution in [0.1, 0.15) is 37.4 Å². The summed E-state index contributed by atoms with van der Waals surface area (Å²) in [5.41, 5.74) is 3.15. The van der Waals surface area contributed by atoms with Gasteiger partial charge in [0.15, 0.2) is 5.82 Å². The van der Waals surface area contributed by atoms with Crippen molar-refractivity contribution in [2.24, 2.45) is 5.16 Å². The maximum Gasteiger partial charge on any atom is 0.207 e. The molecule has 172 valence electrons. The van der Waals surface area contributed by atoms with E-state index in [1.54, 1.807) is 19.3 Å². The highest BCUT2D eigenvalue weighted by molar-refractivity contribution is 5.91. The van der Waals surface area contributed by atoms with Gasteiger partial charge in [0.25, 0.3) is 0 Å². The van der Waals surface area contributed by atoms with Gasteiger partial charge < -0.3 is 19.6 Å². The summed E-state index contributed by atoms with van der Waals surface area (Å²) in [5.74, 6) is 1.28. The van der Waals surface area contributed by atoms with E-state index in [-0.39, 0.29) is 11.6 Å². The molecule has 1 N–H and O–H groups in total. The zero-order valence-corrected chi connectivity index (χ0v) is 18.7. The number of allylic oxidation sites excluding steroid dienone is 1. The Morgan fingerprint density at radius 1 is 1.42 bits per heavy atom. The molecule has 0 amide bonds. The minimum absolute atomic E-state index is 0.222. The summed E-state index contributed by atoms with van der Waals surface area (Å²) in [4.78, 5) is 16.1. The third kappa shape index (κ3) is 3.93. The van der Waals surface area contributed by atoms with Crippen LogP contribution in [0, 0.1) is 5.82 Å². The monoisotopic (exact) mass is 451 g/mol. The maximum atomic E-state index is 15.3. The smallest absolute Gasteiger partial charge is 0.207 e. The van der Waals surface area contributed by atoms with Gasteiger partial charge in [-0.1, -0.05) is 17.8 Å². The number of benzene rings is 1. The Balaban J connectivity index is 1.67. The van der Waals surface area contributed by atoms with Crippen molar-refractivity contribution in [1.29, 1.82) is 0 Å². The number of anilines is 1. The fourth-order valence-electron chi connectivity index (χ4n) is 4.50. The molecule has 2 unspecified atom stereocenters. The van der Waals surface area contributed by atoms with Gasteiger partial charge in [0.2, 0.25) is 5.95 Å². The minimum Gasteiger partial charge on any atom is -0.488 e. The third-order valence-corrected chi connectivity index (χ3v) is 5.94. The lowest BCUT2D eigenvalue weighted by atomic mass is 10.0. The number of halogens is 1. The lowest BCUT2D eigenvalue weighted by Crippen LogP contribution is -2.30. The van der Waals surface area contributed by atoms with Crippen LogP contribution in [0.3, 0.4) is 0 Å². The molecule has 0 radical (unpaired) electrons. The molecule has 33 heavy (non-hydrogen) atoms. The Hall–Kier alpha value is -3.46. The Bertz CT molecular complexity index is 1240. The highest BCUT2D eigenvalue weighted by atomic mass is 19.1. The predicted octanol–water partition coefficient (Wildman–Crippen LogP) is 3.59. The fraction of sp³-hybridized carbons (Fsp3) is 0.375. The number of nitrogens with zero attached hydrogens (tertiary/aromatic N) is 5. The second-order valence-corrected chi connectivity index (χ2v) is 8.62. The summed E-state index contributed by atoms with van der Waals surface area (Å²) in [5, 5.41) is 14.2. The van der Waals surface area contributed by atoms with E-state index in [2.05, 4.69) is 16.7 Å². The first-order chi connectivity index (χ1) is 15.9. The lowest BCUT2D eigenvalue weighted by Gasteiger charge is -2.30. The Morgan fingerprint density at radius 3 is 2.97 bits per heavy atom. The molecular weight excluding hydrogens is 425 g/mol. The number of oxime groups is 1. The van der Waals surface area contributed by atoms with Crippen molar-refractivity contribution in [3.8, 4) is 5.75 Å². The summed E-state index contributed by atoms with van der Waals surface area (Å²) in [6.45, 7) is 8.66. The molecule has 0 spiro atoms. The van der Waals surface area contributed by atoms with Crippen molar-refractivity contribution >= 4 is 22.7 Å². The number of hydrogen-bond acceptors (Lipinski definition) is 7. The summed E-state index contributed by atoms with van der Waals surface area (Å²) in [6.07, 6.45) is 4.09. The van der Waals surface area contributed by atoms with E-state index in [0.29, 0.717) is 66.8 Å².